The lowest BCUT2D eigenvalue weighted by Gasteiger charge is -2.12. The van der Waals surface area contributed by atoms with Gasteiger partial charge in [0.2, 0.25) is 0 Å². The predicted octanol–water partition coefficient (Wildman–Crippen LogP) is 5.13. The first-order valence-electron chi connectivity index (χ1n) is 7.01. The van der Waals surface area contributed by atoms with Crippen LogP contribution in [0.4, 0.5) is 0 Å². The SMILES string of the molecule is Cc1ccc(-c2c[nH]c(=S)n2-c2ccc(C)cc2C)cc1. The van der Waals surface area contributed by atoms with E-state index in [1.165, 1.54) is 16.7 Å². The summed E-state index contributed by atoms with van der Waals surface area (Å²) in [4.78, 5) is 3.17. The first kappa shape index (κ1) is 13.8. The van der Waals surface area contributed by atoms with E-state index in [1.54, 1.807) is 0 Å². The van der Waals surface area contributed by atoms with Crippen molar-refractivity contribution in [3.63, 3.8) is 0 Å². The highest BCUT2D eigenvalue weighted by molar-refractivity contribution is 7.71. The van der Waals surface area contributed by atoms with E-state index < -0.39 is 0 Å². The van der Waals surface area contributed by atoms with Crippen molar-refractivity contribution in [1.29, 1.82) is 0 Å². The number of rotatable bonds is 2. The number of imidazole rings is 1. The molecule has 0 unspecified atom stereocenters. The molecule has 0 fully saturated rings. The summed E-state index contributed by atoms with van der Waals surface area (Å²) in [6.07, 6.45) is 1.98. The Balaban J connectivity index is 2.22. The van der Waals surface area contributed by atoms with Gasteiger partial charge in [0, 0.05) is 11.8 Å². The molecule has 0 aliphatic heterocycles. The van der Waals surface area contributed by atoms with Crippen LogP contribution in [0.1, 0.15) is 16.7 Å². The Hall–Kier alpha value is -2.13. The Kier molecular flexibility index (Phi) is 3.52. The van der Waals surface area contributed by atoms with Crippen molar-refractivity contribution in [2.45, 2.75) is 20.8 Å². The maximum atomic E-state index is 5.48. The molecule has 0 atom stereocenters. The van der Waals surface area contributed by atoms with Gasteiger partial charge in [0.1, 0.15) is 0 Å². The van der Waals surface area contributed by atoms with E-state index in [2.05, 4.69) is 72.8 Å². The second kappa shape index (κ2) is 5.34. The molecular formula is C18H18N2S. The van der Waals surface area contributed by atoms with Gasteiger partial charge in [-0.05, 0) is 44.6 Å². The fraction of sp³-hybridized carbons (Fsp3) is 0.167. The van der Waals surface area contributed by atoms with Crippen molar-refractivity contribution in [2.75, 3.05) is 0 Å². The fourth-order valence-electron chi connectivity index (χ4n) is 2.60. The smallest absolute Gasteiger partial charge is 0.182 e. The molecule has 0 saturated carbocycles. The lowest BCUT2D eigenvalue weighted by atomic mass is 10.1. The summed E-state index contributed by atoms with van der Waals surface area (Å²) >= 11 is 5.48. The van der Waals surface area contributed by atoms with Crippen LogP contribution in [0.15, 0.2) is 48.7 Å². The van der Waals surface area contributed by atoms with Crippen LogP contribution >= 0.6 is 12.2 Å². The maximum absolute atomic E-state index is 5.48. The van der Waals surface area contributed by atoms with Gasteiger partial charge in [-0.2, -0.15) is 0 Å². The molecule has 3 rings (SSSR count). The minimum absolute atomic E-state index is 0.720. The van der Waals surface area contributed by atoms with E-state index in [0.29, 0.717) is 0 Å². The number of aryl methyl sites for hydroxylation is 3. The number of hydrogen-bond donors (Lipinski definition) is 1. The third-order valence-electron chi connectivity index (χ3n) is 3.72. The Morgan fingerprint density at radius 2 is 1.57 bits per heavy atom. The molecule has 0 aliphatic rings. The van der Waals surface area contributed by atoms with Crippen LogP contribution in [0, 0.1) is 25.5 Å². The summed E-state index contributed by atoms with van der Waals surface area (Å²) < 4.78 is 2.83. The van der Waals surface area contributed by atoms with Crippen LogP contribution in [0.3, 0.4) is 0 Å². The number of nitrogens with one attached hydrogen (secondary N) is 1. The van der Waals surface area contributed by atoms with Crippen molar-refractivity contribution in [1.82, 2.24) is 9.55 Å². The average Bonchev–Trinajstić information content (AvgIpc) is 2.82. The first-order chi connectivity index (χ1) is 10.1. The fourth-order valence-corrected chi connectivity index (χ4v) is 2.86. The molecule has 1 N–H and O–H groups in total. The number of benzene rings is 2. The van der Waals surface area contributed by atoms with E-state index in [-0.39, 0.29) is 0 Å². The predicted molar refractivity (Wildman–Crippen MR) is 90.6 cm³/mol. The molecule has 3 aromatic rings. The molecule has 0 amide bonds. The minimum Gasteiger partial charge on any atom is -0.336 e. The van der Waals surface area contributed by atoms with E-state index >= 15 is 0 Å². The van der Waals surface area contributed by atoms with E-state index in [1.807, 2.05) is 6.20 Å². The van der Waals surface area contributed by atoms with Gasteiger partial charge in [-0.15, -0.1) is 0 Å². The number of aromatic nitrogens is 2. The first-order valence-corrected chi connectivity index (χ1v) is 7.42. The average molecular weight is 294 g/mol. The van der Waals surface area contributed by atoms with Crippen molar-refractivity contribution >= 4 is 12.2 Å². The second-order valence-corrected chi connectivity index (χ2v) is 5.86. The zero-order chi connectivity index (χ0) is 15.0. The zero-order valence-corrected chi connectivity index (χ0v) is 13.3. The van der Waals surface area contributed by atoms with Gasteiger partial charge >= 0.3 is 0 Å². The third kappa shape index (κ3) is 2.57. The highest BCUT2D eigenvalue weighted by Gasteiger charge is 2.10. The summed E-state index contributed by atoms with van der Waals surface area (Å²) in [5.41, 5.74) is 7.11. The van der Waals surface area contributed by atoms with E-state index in [4.69, 9.17) is 12.2 Å². The Bertz CT molecular complexity index is 838. The van der Waals surface area contributed by atoms with Gasteiger partial charge in [-0.25, -0.2) is 0 Å². The largest absolute Gasteiger partial charge is 0.336 e. The Labute approximate surface area is 130 Å². The minimum atomic E-state index is 0.720. The molecule has 3 heteroatoms. The molecule has 1 heterocycles. The van der Waals surface area contributed by atoms with Gasteiger partial charge in [0.05, 0.1) is 11.4 Å². The molecule has 0 radical (unpaired) electrons. The molecule has 2 aromatic carbocycles. The summed E-state index contributed by atoms with van der Waals surface area (Å²) in [6, 6.07) is 14.9. The lowest BCUT2D eigenvalue weighted by molar-refractivity contribution is 1.02. The molecule has 2 nitrogen and oxygen atoms in total. The molecule has 0 spiro atoms. The zero-order valence-electron chi connectivity index (χ0n) is 12.5. The normalized spacial score (nSPS) is 10.8. The summed E-state index contributed by atoms with van der Waals surface area (Å²) in [5, 5.41) is 0. The molecule has 0 saturated heterocycles. The Morgan fingerprint density at radius 3 is 2.24 bits per heavy atom. The summed E-state index contributed by atoms with van der Waals surface area (Å²) in [7, 11) is 0. The monoisotopic (exact) mass is 294 g/mol. The van der Waals surface area contributed by atoms with E-state index in [0.717, 1.165) is 21.7 Å². The Morgan fingerprint density at radius 1 is 0.905 bits per heavy atom. The van der Waals surface area contributed by atoms with Gasteiger partial charge in [-0.3, -0.25) is 4.57 Å². The molecule has 1 aromatic heterocycles. The maximum Gasteiger partial charge on any atom is 0.182 e. The standard InChI is InChI=1S/C18H18N2S/c1-12-4-7-15(8-5-12)17-11-19-18(21)20(17)16-9-6-13(2)10-14(16)3/h4-11H,1-3H3,(H,19,21). The second-order valence-electron chi connectivity index (χ2n) is 5.47. The molecule has 106 valence electrons. The van der Waals surface area contributed by atoms with Crippen LogP contribution in [0.5, 0.6) is 0 Å². The summed E-state index contributed by atoms with van der Waals surface area (Å²) in [6.45, 7) is 6.32. The molecule has 0 bridgehead atoms. The van der Waals surface area contributed by atoms with Crippen molar-refractivity contribution in [2.24, 2.45) is 0 Å². The highest BCUT2D eigenvalue weighted by atomic mass is 32.1. The quantitative estimate of drug-likeness (QED) is 0.650. The van der Waals surface area contributed by atoms with Crippen LogP contribution in [-0.4, -0.2) is 9.55 Å². The number of hydrogen-bond acceptors (Lipinski definition) is 1. The molecule has 21 heavy (non-hydrogen) atoms. The van der Waals surface area contributed by atoms with E-state index in [9.17, 15) is 0 Å². The number of nitrogens with zero attached hydrogens (tertiary/aromatic N) is 1. The van der Waals surface area contributed by atoms with Gasteiger partial charge in [0.15, 0.2) is 4.77 Å². The van der Waals surface area contributed by atoms with Crippen LogP contribution < -0.4 is 0 Å². The summed E-state index contributed by atoms with van der Waals surface area (Å²) in [5.74, 6) is 0. The van der Waals surface area contributed by atoms with Gasteiger partial charge in [0.25, 0.3) is 0 Å². The van der Waals surface area contributed by atoms with Crippen molar-refractivity contribution in [3.05, 3.63) is 70.1 Å². The molecule has 0 aliphatic carbocycles. The van der Waals surface area contributed by atoms with Crippen LogP contribution in [-0.2, 0) is 0 Å². The highest BCUT2D eigenvalue weighted by Crippen LogP contribution is 2.26. The van der Waals surface area contributed by atoms with Crippen molar-refractivity contribution < 1.29 is 0 Å². The third-order valence-corrected chi connectivity index (χ3v) is 4.02. The number of aromatic amines is 1. The number of H-pyrrole nitrogens is 1. The van der Waals surface area contributed by atoms with Crippen LogP contribution in [0.2, 0.25) is 0 Å². The van der Waals surface area contributed by atoms with Crippen LogP contribution in [0.25, 0.3) is 16.9 Å². The topological polar surface area (TPSA) is 20.7 Å². The van der Waals surface area contributed by atoms with Gasteiger partial charge < -0.3 is 4.98 Å². The van der Waals surface area contributed by atoms with Gasteiger partial charge in [-0.1, -0.05) is 47.5 Å². The van der Waals surface area contributed by atoms with Crippen molar-refractivity contribution in [3.8, 4) is 16.9 Å². The molecular weight excluding hydrogens is 276 g/mol. The lowest BCUT2D eigenvalue weighted by Crippen LogP contribution is -2.00.